The quantitative estimate of drug-likeness (QED) is 0.188. The predicted molar refractivity (Wildman–Crippen MR) is 219 cm³/mol. The number of thiophene rings is 1. The summed E-state index contributed by atoms with van der Waals surface area (Å²) in [4.78, 5) is 10.5. The van der Waals surface area contributed by atoms with Gasteiger partial charge in [-0.2, -0.15) is 0 Å². The number of fused-ring (bicyclic) bond motifs is 9. The van der Waals surface area contributed by atoms with Gasteiger partial charge < -0.3 is 9.73 Å². The van der Waals surface area contributed by atoms with Gasteiger partial charge in [0.2, 0.25) is 0 Å². The van der Waals surface area contributed by atoms with E-state index >= 15 is 0 Å². The first-order chi connectivity index (χ1) is 25.7. The van der Waals surface area contributed by atoms with Crippen molar-refractivity contribution < 1.29 is 4.42 Å². The largest absolute Gasteiger partial charge is 0.456 e. The number of hydrogen-bond donors (Lipinski definition) is 1. The summed E-state index contributed by atoms with van der Waals surface area (Å²) in [7, 11) is 0. The van der Waals surface area contributed by atoms with Crippen LogP contribution in [0.2, 0.25) is 0 Å². The SMILES string of the molecule is c1ccc(C2=NC(c3cccc4oc5ccc(-c6ccc7sc8ccccc8c7c6)cc5c34)=NC(c3ccc4c(ccc5ccccc54)c3)N2)cc1. The van der Waals surface area contributed by atoms with E-state index in [9.17, 15) is 0 Å². The molecular formula is C47H29N3OS. The van der Waals surface area contributed by atoms with Crippen LogP contribution in [0.3, 0.4) is 0 Å². The normalized spacial score (nSPS) is 14.7. The Morgan fingerprint density at radius 3 is 2.17 bits per heavy atom. The standard InChI is InChI=1S/C47H29N3OS/c1-2-10-29(11-3-1)45-48-46(33-19-22-35-32(25-33)18-17-28-9-4-5-12-34(28)35)50-47(49-45)37-14-8-15-41-44(37)39-27-30(20-23-40(39)51-41)31-21-24-43-38(26-31)36-13-6-7-16-42(36)52-43/h1-27,46H,(H,48,49,50). The molecule has 0 saturated carbocycles. The molecule has 1 aliphatic rings. The molecule has 3 heterocycles. The third-order valence-electron chi connectivity index (χ3n) is 10.3. The van der Waals surface area contributed by atoms with E-state index in [4.69, 9.17) is 14.4 Å². The number of rotatable bonds is 4. The van der Waals surface area contributed by atoms with Gasteiger partial charge >= 0.3 is 0 Å². The van der Waals surface area contributed by atoms with Crippen molar-refractivity contribution in [1.29, 1.82) is 0 Å². The molecular weight excluding hydrogens is 655 g/mol. The molecule has 0 spiro atoms. The van der Waals surface area contributed by atoms with Gasteiger partial charge in [0.05, 0.1) is 0 Å². The minimum atomic E-state index is -0.338. The van der Waals surface area contributed by atoms with E-state index in [1.807, 2.05) is 41.7 Å². The minimum Gasteiger partial charge on any atom is -0.456 e. The fraction of sp³-hybridized carbons (Fsp3) is 0.0213. The topological polar surface area (TPSA) is 49.9 Å². The van der Waals surface area contributed by atoms with Gasteiger partial charge in [0.15, 0.2) is 5.84 Å². The third-order valence-corrected chi connectivity index (χ3v) is 11.5. The van der Waals surface area contributed by atoms with Crippen molar-refractivity contribution in [3.05, 3.63) is 180 Å². The van der Waals surface area contributed by atoms with Gasteiger partial charge in [-0.1, -0.05) is 121 Å². The number of aliphatic imine (C=N–C) groups is 2. The summed E-state index contributed by atoms with van der Waals surface area (Å²) < 4.78 is 9.09. The monoisotopic (exact) mass is 683 g/mol. The summed E-state index contributed by atoms with van der Waals surface area (Å²) in [6.07, 6.45) is -0.338. The molecule has 1 atom stereocenters. The lowest BCUT2D eigenvalue weighted by atomic mass is 9.98. The molecule has 5 heteroatoms. The van der Waals surface area contributed by atoms with Crippen LogP contribution in [-0.2, 0) is 0 Å². The predicted octanol–water partition coefficient (Wildman–Crippen LogP) is 12.4. The fourth-order valence-corrected chi connectivity index (χ4v) is 8.87. The lowest BCUT2D eigenvalue weighted by molar-refractivity contribution is 0.668. The summed E-state index contributed by atoms with van der Waals surface area (Å²) in [5, 5.41) is 13.2. The van der Waals surface area contributed by atoms with Crippen LogP contribution in [-0.4, -0.2) is 11.7 Å². The zero-order chi connectivity index (χ0) is 34.2. The van der Waals surface area contributed by atoms with Crippen LogP contribution in [0.15, 0.2) is 178 Å². The maximum absolute atomic E-state index is 6.48. The molecule has 0 amide bonds. The van der Waals surface area contributed by atoms with E-state index in [-0.39, 0.29) is 6.17 Å². The van der Waals surface area contributed by atoms with Crippen LogP contribution in [0, 0.1) is 0 Å². The second-order valence-corrected chi connectivity index (χ2v) is 14.5. The van der Waals surface area contributed by atoms with Gasteiger partial charge in [0, 0.05) is 42.1 Å². The summed E-state index contributed by atoms with van der Waals surface area (Å²) in [6, 6.07) is 58.1. The molecule has 52 heavy (non-hydrogen) atoms. The molecule has 0 fully saturated rings. The molecule has 1 N–H and O–H groups in total. The Labute approximate surface area is 303 Å². The zero-order valence-electron chi connectivity index (χ0n) is 27.9. The number of nitrogens with zero attached hydrogens (tertiary/aromatic N) is 2. The Balaban J connectivity index is 1.07. The minimum absolute atomic E-state index is 0.338. The first-order valence-corrected chi connectivity index (χ1v) is 18.3. The molecule has 0 saturated heterocycles. The van der Waals surface area contributed by atoms with Crippen molar-refractivity contribution in [3.63, 3.8) is 0 Å². The van der Waals surface area contributed by atoms with E-state index < -0.39 is 0 Å². The maximum Gasteiger partial charge on any atom is 0.160 e. The summed E-state index contributed by atoms with van der Waals surface area (Å²) in [5.41, 5.74) is 7.01. The first-order valence-electron chi connectivity index (χ1n) is 17.5. The van der Waals surface area contributed by atoms with Gasteiger partial charge in [-0.3, -0.25) is 0 Å². The Morgan fingerprint density at radius 2 is 1.25 bits per heavy atom. The van der Waals surface area contributed by atoms with Crippen LogP contribution in [0.1, 0.15) is 22.9 Å². The van der Waals surface area contributed by atoms with Gasteiger partial charge in [-0.25, -0.2) is 9.98 Å². The highest BCUT2D eigenvalue weighted by Gasteiger charge is 2.24. The van der Waals surface area contributed by atoms with Crippen molar-refractivity contribution >= 4 is 86.7 Å². The molecule has 244 valence electrons. The van der Waals surface area contributed by atoms with E-state index in [0.717, 1.165) is 50.0 Å². The molecule has 0 aliphatic carbocycles. The lowest BCUT2D eigenvalue weighted by Gasteiger charge is -2.24. The molecule has 2 aromatic heterocycles. The molecule has 0 bridgehead atoms. The third kappa shape index (κ3) is 4.67. The highest BCUT2D eigenvalue weighted by Crippen LogP contribution is 2.39. The van der Waals surface area contributed by atoms with Crippen molar-refractivity contribution in [3.8, 4) is 11.1 Å². The Bertz CT molecular complexity index is 3120. The summed E-state index contributed by atoms with van der Waals surface area (Å²) >= 11 is 1.84. The molecule has 1 unspecified atom stereocenters. The summed E-state index contributed by atoms with van der Waals surface area (Å²) in [5.74, 6) is 1.46. The number of hydrogen-bond acceptors (Lipinski definition) is 5. The lowest BCUT2D eigenvalue weighted by Crippen LogP contribution is -2.33. The van der Waals surface area contributed by atoms with E-state index in [0.29, 0.717) is 5.84 Å². The highest BCUT2D eigenvalue weighted by atomic mass is 32.1. The second kappa shape index (κ2) is 11.5. The number of nitrogens with one attached hydrogen (secondary N) is 1. The highest BCUT2D eigenvalue weighted by molar-refractivity contribution is 7.25. The van der Waals surface area contributed by atoms with Crippen molar-refractivity contribution in [2.45, 2.75) is 6.17 Å². The van der Waals surface area contributed by atoms with Crippen LogP contribution >= 0.6 is 11.3 Å². The second-order valence-electron chi connectivity index (χ2n) is 13.4. The number of amidine groups is 2. The average Bonchev–Trinajstić information content (AvgIpc) is 3.78. The number of benzene rings is 8. The van der Waals surface area contributed by atoms with Gasteiger partial charge in [0.1, 0.15) is 23.2 Å². The molecule has 11 rings (SSSR count). The Kier molecular flexibility index (Phi) is 6.45. The van der Waals surface area contributed by atoms with Gasteiger partial charge in [-0.15, -0.1) is 11.3 Å². The van der Waals surface area contributed by atoms with Crippen LogP contribution < -0.4 is 5.32 Å². The average molecular weight is 684 g/mol. The first kappa shape index (κ1) is 29.2. The van der Waals surface area contributed by atoms with E-state index in [1.54, 1.807) is 0 Å². The van der Waals surface area contributed by atoms with Crippen LogP contribution in [0.4, 0.5) is 0 Å². The van der Waals surface area contributed by atoms with Crippen LogP contribution in [0.25, 0.3) is 74.8 Å². The maximum atomic E-state index is 6.48. The molecule has 8 aromatic carbocycles. The van der Waals surface area contributed by atoms with Crippen molar-refractivity contribution in [2.75, 3.05) is 0 Å². The molecule has 0 radical (unpaired) electrons. The molecule has 10 aromatic rings. The van der Waals surface area contributed by atoms with Gasteiger partial charge in [-0.05, 0) is 80.7 Å². The smallest absolute Gasteiger partial charge is 0.160 e. The van der Waals surface area contributed by atoms with Crippen molar-refractivity contribution in [2.24, 2.45) is 9.98 Å². The number of furan rings is 1. The Morgan fingerprint density at radius 1 is 0.500 bits per heavy atom. The molecule has 1 aliphatic heterocycles. The Hall–Kier alpha value is -6.56. The zero-order valence-corrected chi connectivity index (χ0v) is 28.7. The van der Waals surface area contributed by atoms with E-state index in [2.05, 4.69) is 139 Å². The van der Waals surface area contributed by atoms with Crippen molar-refractivity contribution in [1.82, 2.24) is 5.32 Å². The van der Waals surface area contributed by atoms with Gasteiger partial charge in [0.25, 0.3) is 0 Å². The van der Waals surface area contributed by atoms with Crippen LogP contribution in [0.5, 0.6) is 0 Å². The van der Waals surface area contributed by atoms with E-state index in [1.165, 1.54) is 47.3 Å². The summed E-state index contributed by atoms with van der Waals surface area (Å²) in [6.45, 7) is 0. The fourth-order valence-electron chi connectivity index (χ4n) is 7.78. The molecule has 4 nitrogen and oxygen atoms in total.